The van der Waals surface area contributed by atoms with E-state index in [9.17, 15) is 9.90 Å². The van der Waals surface area contributed by atoms with E-state index in [1.54, 1.807) is 18.2 Å². The first kappa shape index (κ1) is 10.9. The highest BCUT2D eigenvalue weighted by atomic mass is 35.5. The Hall–Kier alpha value is -1.65. The van der Waals surface area contributed by atoms with Crippen molar-refractivity contribution in [3.8, 4) is 0 Å². The van der Waals surface area contributed by atoms with Gasteiger partial charge in [-0.25, -0.2) is 4.98 Å². The maximum atomic E-state index is 11.8. The molecule has 5 heteroatoms. The monoisotopic (exact) mass is 236 g/mol. The lowest BCUT2D eigenvalue weighted by molar-refractivity contribution is 0.0574. The molecule has 0 fully saturated rings. The molecular weight excluding hydrogens is 228 g/mol. The number of aromatic nitrogens is 2. The zero-order valence-electron chi connectivity index (χ0n) is 8.25. The molecule has 0 radical (unpaired) electrons. The molecule has 1 unspecified atom stereocenters. The van der Waals surface area contributed by atoms with E-state index in [2.05, 4.69) is 4.98 Å². The largest absolute Gasteiger partial charge is 0.366 e. The third-order valence-corrected chi connectivity index (χ3v) is 2.39. The third kappa shape index (κ3) is 2.13. The van der Waals surface area contributed by atoms with Crippen LogP contribution in [0.25, 0.3) is 0 Å². The van der Waals surface area contributed by atoms with Gasteiger partial charge >= 0.3 is 0 Å². The van der Waals surface area contributed by atoms with Crippen molar-refractivity contribution in [2.24, 2.45) is 0 Å². The molecule has 1 aromatic heterocycles. The molecule has 0 bridgehead atoms. The van der Waals surface area contributed by atoms with Crippen molar-refractivity contribution >= 4 is 17.4 Å². The van der Waals surface area contributed by atoms with Crippen LogP contribution < -0.4 is 0 Å². The minimum absolute atomic E-state index is 0.369. The van der Waals surface area contributed by atoms with E-state index in [4.69, 9.17) is 11.6 Å². The number of imidazole rings is 1. The first-order valence-electron chi connectivity index (χ1n) is 4.64. The van der Waals surface area contributed by atoms with E-state index in [0.717, 1.165) is 0 Å². The molecule has 1 N–H and O–H groups in total. The second-order valence-corrected chi connectivity index (χ2v) is 3.69. The minimum atomic E-state index is -1.26. The Kier molecular flexibility index (Phi) is 3.03. The minimum Gasteiger partial charge on any atom is -0.366 e. The number of aliphatic hydroxyl groups excluding tert-OH is 1. The van der Waals surface area contributed by atoms with Gasteiger partial charge in [-0.2, -0.15) is 0 Å². The molecule has 0 saturated heterocycles. The predicted molar refractivity (Wildman–Crippen MR) is 59.3 cm³/mol. The average molecular weight is 237 g/mol. The summed E-state index contributed by atoms with van der Waals surface area (Å²) in [6.07, 6.45) is 3.13. The van der Waals surface area contributed by atoms with Crippen LogP contribution in [0.4, 0.5) is 0 Å². The van der Waals surface area contributed by atoms with Crippen LogP contribution in [0, 0.1) is 0 Å². The van der Waals surface area contributed by atoms with E-state index in [1.165, 1.54) is 29.4 Å². The molecule has 0 spiro atoms. The summed E-state index contributed by atoms with van der Waals surface area (Å²) in [4.78, 5) is 15.6. The van der Waals surface area contributed by atoms with E-state index in [0.29, 0.717) is 10.6 Å². The molecule has 16 heavy (non-hydrogen) atoms. The van der Waals surface area contributed by atoms with Crippen LogP contribution in [-0.2, 0) is 0 Å². The summed E-state index contributed by atoms with van der Waals surface area (Å²) in [5.74, 6) is -0.416. The van der Waals surface area contributed by atoms with Gasteiger partial charge in [-0.15, -0.1) is 0 Å². The summed E-state index contributed by atoms with van der Waals surface area (Å²) in [7, 11) is 0. The Morgan fingerprint density at radius 3 is 2.94 bits per heavy atom. The summed E-state index contributed by atoms with van der Waals surface area (Å²) in [5.41, 5.74) is 0.369. The van der Waals surface area contributed by atoms with Crippen LogP contribution in [0.3, 0.4) is 0 Å². The third-order valence-electron chi connectivity index (χ3n) is 2.15. The van der Waals surface area contributed by atoms with E-state index in [-0.39, 0.29) is 0 Å². The maximum Gasteiger partial charge on any atom is 0.212 e. The first-order valence-corrected chi connectivity index (χ1v) is 5.01. The number of benzene rings is 1. The van der Waals surface area contributed by atoms with Gasteiger partial charge in [0.1, 0.15) is 0 Å². The number of halogens is 1. The molecule has 1 aromatic carbocycles. The molecule has 82 valence electrons. The molecule has 2 aromatic rings. The number of carbonyl (C=O) groups is 1. The fourth-order valence-electron chi connectivity index (χ4n) is 1.34. The van der Waals surface area contributed by atoms with Gasteiger partial charge in [0.25, 0.3) is 0 Å². The summed E-state index contributed by atoms with van der Waals surface area (Å²) in [6.45, 7) is 0. The fraction of sp³-hybridized carbons (Fsp3) is 0.0909. The molecule has 0 saturated carbocycles. The fourth-order valence-corrected chi connectivity index (χ4v) is 1.53. The Morgan fingerprint density at radius 1 is 1.50 bits per heavy atom. The molecule has 2 rings (SSSR count). The van der Waals surface area contributed by atoms with Crippen LogP contribution >= 0.6 is 11.6 Å². The van der Waals surface area contributed by atoms with Crippen molar-refractivity contribution in [1.29, 1.82) is 0 Å². The van der Waals surface area contributed by atoms with Crippen molar-refractivity contribution in [2.45, 2.75) is 6.23 Å². The first-order chi connectivity index (χ1) is 7.68. The number of hydrogen-bond acceptors (Lipinski definition) is 3. The van der Waals surface area contributed by atoms with Crippen molar-refractivity contribution in [3.05, 3.63) is 53.6 Å². The van der Waals surface area contributed by atoms with Gasteiger partial charge in [0.15, 0.2) is 6.23 Å². The number of hydrogen-bond donors (Lipinski definition) is 1. The van der Waals surface area contributed by atoms with Crippen LogP contribution in [0.5, 0.6) is 0 Å². The van der Waals surface area contributed by atoms with Crippen molar-refractivity contribution in [2.75, 3.05) is 0 Å². The molecule has 1 heterocycles. The smallest absolute Gasteiger partial charge is 0.212 e. The average Bonchev–Trinajstić information content (AvgIpc) is 2.80. The van der Waals surface area contributed by atoms with Crippen molar-refractivity contribution in [3.63, 3.8) is 0 Å². The SMILES string of the molecule is O=C(c1cccc(Cl)c1)C(O)n1ccnc1. The Bertz CT molecular complexity index is 496. The number of Topliss-reactive ketones (excluding diaryl/α,β-unsaturated/α-hetero) is 1. The molecule has 0 aliphatic heterocycles. The number of nitrogens with zero attached hydrogens (tertiary/aromatic N) is 2. The van der Waals surface area contributed by atoms with Crippen LogP contribution in [-0.4, -0.2) is 20.4 Å². The van der Waals surface area contributed by atoms with Crippen molar-refractivity contribution in [1.82, 2.24) is 9.55 Å². The normalized spacial score (nSPS) is 12.4. The zero-order chi connectivity index (χ0) is 11.5. The maximum absolute atomic E-state index is 11.8. The van der Waals surface area contributed by atoms with E-state index in [1.807, 2.05) is 0 Å². The summed E-state index contributed by atoms with van der Waals surface area (Å²) in [5, 5.41) is 10.2. The molecular formula is C11H9ClN2O2. The van der Waals surface area contributed by atoms with Gasteiger partial charge in [-0.1, -0.05) is 23.7 Å². The summed E-state index contributed by atoms with van der Waals surface area (Å²) >= 11 is 5.77. The van der Waals surface area contributed by atoms with E-state index < -0.39 is 12.0 Å². The number of ketones is 1. The lowest BCUT2D eigenvalue weighted by Crippen LogP contribution is -2.17. The molecule has 0 aliphatic rings. The highest BCUT2D eigenvalue weighted by Gasteiger charge is 2.18. The van der Waals surface area contributed by atoms with Gasteiger partial charge < -0.3 is 9.67 Å². The number of rotatable bonds is 3. The molecule has 0 aliphatic carbocycles. The molecule has 4 nitrogen and oxygen atoms in total. The number of aliphatic hydroxyl groups is 1. The van der Waals surface area contributed by atoms with Crippen LogP contribution in [0.15, 0.2) is 43.0 Å². The topological polar surface area (TPSA) is 55.1 Å². The summed E-state index contributed by atoms with van der Waals surface area (Å²) < 4.78 is 1.32. The van der Waals surface area contributed by atoms with Crippen molar-refractivity contribution < 1.29 is 9.90 Å². The lowest BCUT2D eigenvalue weighted by atomic mass is 10.1. The Labute approximate surface area is 97.1 Å². The van der Waals surface area contributed by atoms with Gasteiger partial charge in [-0.05, 0) is 12.1 Å². The number of carbonyl (C=O) groups excluding carboxylic acids is 1. The Morgan fingerprint density at radius 2 is 2.31 bits per heavy atom. The van der Waals surface area contributed by atoms with E-state index >= 15 is 0 Å². The highest BCUT2D eigenvalue weighted by molar-refractivity contribution is 6.31. The second kappa shape index (κ2) is 4.47. The van der Waals surface area contributed by atoms with Crippen LogP contribution in [0.1, 0.15) is 16.6 Å². The quantitative estimate of drug-likeness (QED) is 0.829. The van der Waals surface area contributed by atoms with Crippen LogP contribution in [0.2, 0.25) is 5.02 Å². The van der Waals surface area contributed by atoms with Gasteiger partial charge in [0.05, 0.1) is 6.33 Å². The Balaban J connectivity index is 2.26. The predicted octanol–water partition coefficient (Wildman–Crippen LogP) is 1.91. The highest BCUT2D eigenvalue weighted by Crippen LogP contribution is 2.15. The summed E-state index contributed by atoms with van der Waals surface area (Å²) in [6, 6.07) is 6.45. The van der Waals surface area contributed by atoms with Gasteiger partial charge in [-0.3, -0.25) is 4.79 Å². The molecule has 0 amide bonds. The van der Waals surface area contributed by atoms with Gasteiger partial charge in [0.2, 0.25) is 5.78 Å². The standard InChI is InChI=1S/C11H9ClN2O2/c12-9-3-1-2-8(6-9)10(15)11(16)14-5-4-13-7-14/h1-7,11,16H. The molecule has 1 atom stereocenters. The second-order valence-electron chi connectivity index (χ2n) is 3.26. The lowest BCUT2D eigenvalue weighted by Gasteiger charge is -2.10. The zero-order valence-corrected chi connectivity index (χ0v) is 9.00. The van der Waals surface area contributed by atoms with Gasteiger partial charge in [0, 0.05) is 23.0 Å².